The molecule has 0 bridgehead atoms. The van der Waals surface area contributed by atoms with Crippen LogP contribution in [0, 0.1) is 0 Å². The molecule has 0 aliphatic carbocycles. The van der Waals surface area contributed by atoms with Crippen LogP contribution in [-0.2, 0) is 17.8 Å². The number of likely N-dealkylation sites (tertiary alicyclic amines) is 1. The minimum Gasteiger partial charge on any atom is -0.352 e. The third-order valence-corrected chi connectivity index (χ3v) is 5.13. The van der Waals surface area contributed by atoms with Crippen molar-refractivity contribution in [2.45, 2.75) is 45.7 Å². The summed E-state index contributed by atoms with van der Waals surface area (Å²) in [6.07, 6.45) is 2.64. The Balaban J connectivity index is 0.00000264. The molecular weight excluding hydrogens is 423 g/mol. The summed E-state index contributed by atoms with van der Waals surface area (Å²) >= 11 is 1.84. The maximum atomic E-state index is 11.7. The number of nitrogens with one attached hydrogen (secondary N) is 2. The van der Waals surface area contributed by atoms with Crippen molar-refractivity contribution in [3.8, 4) is 0 Å². The average Bonchev–Trinajstić information content (AvgIpc) is 3.19. The number of aryl methyl sites for hydroxylation is 1. The van der Waals surface area contributed by atoms with Gasteiger partial charge >= 0.3 is 0 Å². The lowest BCUT2D eigenvalue weighted by Crippen LogP contribution is -2.44. The van der Waals surface area contributed by atoms with Gasteiger partial charge in [0, 0.05) is 42.4 Å². The van der Waals surface area contributed by atoms with E-state index in [2.05, 4.69) is 34.7 Å². The average molecular weight is 450 g/mol. The Labute approximate surface area is 160 Å². The summed E-state index contributed by atoms with van der Waals surface area (Å²) in [5.41, 5.74) is 0. The molecule has 0 radical (unpaired) electrons. The van der Waals surface area contributed by atoms with Crippen LogP contribution < -0.4 is 10.6 Å². The maximum absolute atomic E-state index is 11.7. The first-order chi connectivity index (χ1) is 10.7. The van der Waals surface area contributed by atoms with Gasteiger partial charge in [0.1, 0.15) is 0 Å². The number of nitrogens with zero attached hydrogens (tertiary/aromatic N) is 2. The molecule has 1 fully saturated rings. The fourth-order valence-electron chi connectivity index (χ4n) is 2.59. The number of carbonyl (C=O) groups is 1. The quantitative estimate of drug-likeness (QED) is 0.412. The maximum Gasteiger partial charge on any atom is 0.222 e. The molecule has 0 saturated carbocycles. The molecular formula is C16H27IN4OS. The van der Waals surface area contributed by atoms with Crippen LogP contribution in [0.3, 0.4) is 0 Å². The van der Waals surface area contributed by atoms with Crippen molar-refractivity contribution in [2.24, 2.45) is 4.99 Å². The van der Waals surface area contributed by atoms with Crippen molar-refractivity contribution >= 4 is 47.2 Å². The lowest BCUT2D eigenvalue weighted by Gasteiger charge is -2.18. The van der Waals surface area contributed by atoms with E-state index >= 15 is 0 Å². The Morgan fingerprint density at radius 3 is 2.74 bits per heavy atom. The molecule has 1 aromatic rings. The summed E-state index contributed by atoms with van der Waals surface area (Å²) in [4.78, 5) is 20.6. The highest BCUT2D eigenvalue weighted by atomic mass is 127. The molecule has 2 N–H and O–H groups in total. The van der Waals surface area contributed by atoms with E-state index < -0.39 is 0 Å². The monoisotopic (exact) mass is 450 g/mol. The summed E-state index contributed by atoms with van der Waals surface area (Å²) in [5.74, 6) is 1.04. The highest BCUT2D eigenvalue weighted by Gasteiger charge is 2.25. The van der Waals surface area contributed by atoms with E-state index in [1.807, 2.05) is 23.2 Å². The van der Waals surface area contributed by atoms with Gasteiger partial charge in [0.15, 0.2) is 5.96 Å². The molecule has 1 unspecified atom stereocenters. The number of aliphatic imine (C=N–C) groups is 1. The second kappa shape index (κ2) is 10.1. The number of rotatable bonds is 5. The minimum atomic E-state index is 0. The smallest absolute Gasteiger partial charge is 0.222 e. The molecule has 1 amide bonds. The normalized spacial score (nSPS) is 17.8. The zero-order chi connectivity index (χ0) is 15.9. The van der Waals surface area contributed by atoms with Crippen molar-refractivity contribution < 1.29 is 4.79 Å². The first kappa shape index (κ1) is 20.2. The fraction of sp³-hybridized carbons (Fsp3) is 0.625. The van der Waals surface area contributed by atoms with Crippen LogP contribution >= 0.6 is 35.3 Å². The number of halogens is 1. The van der Waals surface area contributed by atoms with E-state index in [0.717, 1.165) is 38.4 Å². The predicted octanol–water partition coefficient (Wildman–Crippen LogP) is 2.60. The van der Waals surface area contributed by atoms with Gasteiger partial charge in [-0.25, -0.2) is 0 Å². The molecule has 1 aromatic heterocycles. The number of guanidine groups is 1. The number of hydrogen-bond donors (Lipinski definition) is 2. The lowest BCUT2D eigenvalue weighted by molar-refractivity contribution is -0.129. The molecule has 7 heteroatoms. The van der Waals surface area contributed by atoms with Gasteiger partial charge in [0.25, 0.3) is 0 Å². The Morgan fingerprint density at radius 2 is 2.13 bits per heavy atom. The van der Waals surface area contributed by atoms with Crippen molar-refractivity contribution in [3.63, 3.8) is 0 Å². The predicted molar refractivity (Wildman–Crippen MR) is 108 cm³/mol. The first-order valence-corrected chi connectivity index (χ1v) is 8.80. The molecule has 1 atom stereocenters. The Bertz CT molecular complexity index is 532. The Kier molecular flexibility index (Phi) is 8.90. The number of hydrogen-bond acceptors (Lipinski definition) is 3. The van der Waals surface area contributed by atoms with Gasteiger partial charge in [-0.3, -0.25) is 9.79 Å². The summed E-state index contributed by atoms with van der Waals surface area (Å²) in [6.45, 7) is 6.48. The molecule has 0 aromatic carbocycles. The van der Waals surface area contributed by atoms with E-state index in [1.54, 1.807) is 7.05 Å². The molecule has 1 aliphatic heterocycles. The van der Waals surface area contributed by atoms with E-state index in [-0.39, 0.29) is 35.9 Å². The second-order valence-corrected chi connectivity index (χ2v) is 6.72. The van der Waals surface area contributed by atoms with Crippen LogP contribution in [0.5, 0.6) is 0 Å². The van der Waals surface area contributed by atoms with Gasteiger partial charge in [-0.2, -0.15) is 0 Å². The van der Waals surface area contributed by atoms with E-state index in [9.17, 15) is 4.79 Å². The lowest BCUT2D eigenvalue weighted by atomic mass is 10.3. The molecule has 5 nitrogen and oxygen atoms in total. The molecule has 23 heavy (non-hydrogen) atoms. The Morgan fingerprint density at radius 1 is 1.39 bits per heavy atom. The van der Waals surface area contributed by atoms with Gasteiger partial charge in [-0.05, 0) is 25.0 Å². The number of thiophene rings is 1. The fourth-order valence-corrected chi connectivity index (χ4v) is 3.49. The highest BCUT2D eigenvalue weighted by Crippen LogP contribution is 2.16. The van der Waals surface area contributed by atoms with Crippen LogP contribution in [0.1, 0.15) is 36.4 Å². The van der Waals surface area contributed by atoms with Crippen molar-refractivity contribution in [1.29, 1.82) is 0 Å². The molecule has 0 spiro atoms. The molecule has 1 aliphatic rings. The SMILES string of the molecule is CCC(=O)N1CCC(NC(=NC)NCc2ccc(CC)s2)C1.I. The number of carbonyl (C=O) groups excluding carboxylic acids is 1. The largest absolute Gasteiger partial charge is 0.352 e. The standard InChI is InChI=1S/C16H26N4OS.HI/c1-4-13-6-7-14(22-13)10-18-16(17-3)19-12-8-9-20(11-12)15(21)5-2;/h6-7,12H,4-5,8-11H2,1-3H3,(H2,17,18,19);1H. The minimum absolute atomic E-state index is 0. The first-order valence-electron chi connectivity index (χ1n) is 7.98. The summed E-state index contributed by atoms with van der Waals surface area (Å²) in [6, 6.07) is 4.64. The third-order valence-electron chi connectivity index (χ3n) is 3.90. The van der Waals surface area contributed by atoms with E-state index in [1.165, 1.54) is 9.75 Å². The van der Waals surface area contributed by atoms with Crippen LogP contribution in [0.25, 0.3) is 0 Å². The topological polar surface area (TPSA) is 56.7 Å². The highest BCUT2D eigenvalue weighted by molar-refractivity contribution is 14.0. The van der Waals surface area contributed by atoms with Gasteiger partial charge in [0.05, 0.1) is 6.54 Å². The third kappa shape index (κ3) is 5.95. The zero-order valence-electron chi connectivity index (χ0n) is 14.1. The van der Waals surface area contributed by atoms with Crippen LogP contribution in [0.2, 0.25) is 0 Å². The van der Waals surface area contributed by atoms with Gasteiger partial charge in [0.2, 0.25) is 5.91 Å². The van der Waals surface area contributed by atoms with Crippen molar-refractivity contribution in [3.05, 3.63) is 21.9 Å². The van der Waals surface area contributed by atoms with Crippen molar-refractivity contribution in [2.75, 3.05) is 20.1 Å². The van der Waals surface area contributed by atoms with Gasteiger partial charge in [-0.1, -0.05) is 13.8 Å². The van der Waals surface area contributed by atoms with Crippen LogP contribution in [0.4, 0.5) is 0 Å². The summed E-state index contributed by atoms with van der Waals surface area (Å²) in [5, 5.41) is 6.77. The molecule has 2 heterocycles. The van der Waals surface area contributed by atoms with Crippen LogP contribution in [-0.4, -0.2) is 42.9 Å². The second-order valence-electron chi connectivity index (χ2n) is 5.47. The van der Waals surface area contributed by atoms with Gasteiger partial charge in [-0.15, -0.1) is 35.3 Å². The van der Waals surface area contributed by atoms with Crippen LogP contribution in [0.15, 0.2) is 17.1 Å². The molecule has 1 saturated heterocycles. The summed E-state index contributed by atoms with van der Waals surface area (Å²) < 4.78 is 0. The zero-order valence-corrected chi connectivity index (χ0v) is 17.2. The van der Waals surface area contributed by atoms with Gasteiger partial charge < -0.3 is 15.5 Å². The molecule has 130 valence electrons. The molecule has 2 rings (SSSR count). The summed E-state index contributed by atoms with van der Waals surface area (Å²) in [7, 11) is 1.78. The van der Waals surface area contributed by atoms with Crippen molar-refractivity contribution in [1.82, 2.24) is 15.5 Å². The Hall–Kier alpha value is -0.830. The van der Waals surface area contributed by atoms with E-state index in [4.69, 9.17) is 0 Å². The number of amides is 1. The van der Waals surface area contributed by atoms with E-state index in [0.29, 0.717) is 6.42 Å².